The number of halogens is 3. The second kappa shape index (κ2) is 6.64. The van der Waals surface area contributed by atoms with Crippen LogP contribution in [0, 0.1) is 17.5 Å². The van der Waals surface area contributed by atoms with E-state index in [1.165, 1.54) is 18.2 Å². The van der Waals surface area contributed by atoms with Crippen molar-refractivity contribution < 1.29 is 32.2 Å². The van der Waals surface area contributed by atoms with Crippen molar-refractivity contribution in [3.63, 3.8) is 0 Å². The Morgan fingerprint density at radius 3 is 2.16 bits per heavy atom. The van der Waals surface area contributed by atoms with Crippen LogP contribution in [0.2, 0.25) is 0 Å². The largest absolute Gasteiger partial charge is 0.429 e. The standard InChI is InChI=1S/C18H9F3O4/c19-15-7-14(8-16(20)17(15)21)25-18(23)12-2-1-11-6-13(24-9-22)4-3-10(11)5-12/h1-9H. The molecular formula is C18H9F3O4. The van der Waals surface area contributed by atoms with Gasteiger partial charge >= 0.3 is 5.97 Å². The summed E-state index contributed by atoms with van der Waals surface area (Å²) < 4.78 is 48.8. The van der Waals surface area contributed by atoms with Crippen LogP contribution in [0.3, 0.4) is 0 Å². The van der Waals surface area contributed by atoms with Crippen LogP contribution in [0.25, 0.3) is 10.8 Å². The number of carbonyl (C=O) groups is 2. The molecule has 0 saturated heterocycles. The highest BCUT2D eigenvalue weighted by molar-refractivity contribution is 5.96. The Morgan fingerprint density at radius 2 is 1.48 bits per heavy atom. The summed E-state index contributed by atoms with van der Waals surface area (Å²) in [5, 5.41) is 1.36. The van der Waals surface area contributed by atoms with Crippen LogP contribution >= 0.6 is 0 Å². The normalized spacial score (nSPS) is 10.5. The Morgan fingerprint density at radius 1 is 0.840 bits per heavy atom. The highest BCUT2D eigenvalue weighted by Crippen LogP contribution is 2.24. The van der Waals surface area contributed by atoms with Crippen LogP contribution in [-0.2, 0) is 4.79 Å². The Balaban J connectivity index is 1.87. The van der Waals surface area contributed by atoms with Crippen molar-refractivity contribution in [1.29, 1.82) is 0 Å². The summed E-state index contributed by atoms with van der Waals surface area (Å²) in [5.41, 5.74) is 0.127. The van der Waals surface area contributed by atoms with E-state index in [0.717, 1.165) is 0 Å². The lowest BCUT2D eigenvalue weighted by molar-refractivity contribution is -0.120. The second-order valence-corrected chi connectivity index (χ2v) is 5.03. The second-order valence-electron chi connectivity index (χ2n) is 5.03. The molecule has 0 atom stereocenters. The van der Waals surface area contributed by atoms with E-state index in [1.54, 1.807) is 18.2 Å². The molecule has 0 unspecified atom stereocenters. The molecule has 7 heteroatoms. The Labute approximate surface area is 139 Å². The van der Waals surface area contributed by atoms with Crippen molar-refractivity contribution in [2.24, 2.45) is 0 Å². The van der Waals surface area contributed by atoms with Gasteiger partial charge in [-0.2, -0.15) is 0 Å². The maximum atomic E-state index is 13.2. The third-order valence-electron chi connectivity index (χ3n) is 3.40. The minimum Gasteiger partial charge on any atom is -0.429 e. The number of ether oxygens (including phenoxy) is 2. The van der Waals surface area contributed by atoms with Gasteiger partial charge in [-0.1, -0.05) is 12.1 Å². The van der Waals surface area contributed by atoms with Gasteiger partial charge in [-0.25, -0.2) is 18.0 Å². The Hall–Kier alpha value is -3.35. The summed E-state index contributed by atoms with van der Waals surface area (Å²) >= 11 is 0. The molecule has 0 radical (unpaired) electrons. The van der Waals surface area contributed by atoms with Gasteiger partial charge in [0.25, 0.3) is 6.47 Å². The monoisotopic (exact) mass is 346 g/mol. The maximum Gasteiger partial charge on any atom is 0.343 e. The number of esters is 1. The van der Waals surface area contributed by atoms with Gasteiger partial charge in [-0.3, -0.25) is 4.79 Å². The summed E-state index contributed by atoms with van der Waals surface area (Å²) in [5.74, 6) is -5.52. The van der Waals surface area contributed by atoms with Crippen molar-refractivity contribution in [3.8, 4) is 11.5 Å². The molecule has 3 rings (SSSR count). The number of hydrogen-bond acceptors (Lipinski definition) is 4. The summed E-state index contributed by atoms with van der Waals surface area (Å²) in [6.45, 7) is 0.299. The first kappa shape index (κ1) is 16.5. The average molecular weight is 346 g/mol. The van der Waals surface area contributed by atoms with Crippen LogP contribution in [0.5, 0.6) is 11.5 Å². The SMILES string of the molecule is O=COc1ccc2cc(C(=O)Oc3cc(F)c(F)c(F)c3)ccc2c1. The molecule has 0 aliphatic rings. The molecule has 0 saturated carbocycles. The highest BCUT2D eigenvalue weighted by Gasteiger charge is 2.15. The molecule has 0 aromatic heterocycles. The third kappa shape index (κ3) is 3.45. The first-order valence-electron chi connectivity index (χ1n) is 6.99. The van der Waals surface area contributed by atoms with Crippen LogP contribution in [0.1, 0.15) is 10.4 Å². The van der Waals surface area contributed by atoms with E-state index in [0.29, 0.717) is 35.1 Å². The average Bonchev–Trinajstić information content (AvgIpc) is 2.59. The molecule has 0 N–H and O–H groups in total. The van der Waals surface area contributed by atoms with Gasteiger partial charge in [0.1, 0.15) is 11.5 Å². The molecule has 3 aromatic rings. The number of carbonyl (C=O) groups excluding carboxylic acids is 2. The zero-order chi connectivity index (χ0) is 18.0. The number of benzene rings is 3. The van der Waals surface area contributed by atoms with Crippen molar-refractivity contribution in [2.75, 3.05) is 0 Å². The smallest absolute Gasteiger partial charge is 0.343 e. The van der Waals surface area contributed by atoms with Gasteiger partial charge in [0.05, 0.1) is 5.56 Å². The molecule has 0 spiro atoms. The summed E-state index contributed by atoms with van der Waals surface area (Å²) in [6, 6.07) is 10.5. The van der Waals surface area contributed by atoms with E-state index < -0.39 is 29.2 Å². The van der Waals surface area contributed by atoms with Crippen LogP contribution in [-0.4, -0.2) is 12.4 Å². The van der Waals surface area contributed by atoms with Crippen LogP contribution in [0.15, 0.2) is 48.5 Å². The molecule has 25 heavy (non-hydrogen) atoms. The van der Waals surface area contributed by atoms with Gasteiger partial charge in [-0.05, 0) is 35.0 Å². The zero-order valence-electron chi connectivity index (χ0n) is 12.5. The zero-order valence-corrected chi connectivity index (χ0v) is 12.5. The molecule has 0 aliphatic heterocycles. The summed E-state index contributed by atoms with van der Waals surface area (Å²) in [6.07, 6.45) is 0. The molecule has 0 fully saturated rings. The van der Waals surface area contributed by atoms with Crippen molar-refractivity contribution in [1.82, 2.24) is 0 Å². The molecule has 0 amide bonds. The van der Waals surface area contributed by atoms with Gasteiger partial charge in [-0.15, -0.1) is 0 Å². The molecule has 0 aliphatic carbocycles. The fraction of sp³-hybridized carbons (Fsp3) is 0. The first-order valence-corrected chi connectivity index (χ1v) is 6.99. The van der Waals surface area contributed by atoms with Crippen molar-refractivity contribution >= 4 is 23.2 Å². The quantitative estimate of drug-likeness (QED) is 0.310. The highest BCUT2D eigenvalue weighted by atomic mass is 19.2. The van der Waals surface area contributed by atoms with Gasteiger partial charge in [0, 0.05) is 12.1 Å². The molecule has 0 bridgehead atoms. The lowest BCUT2D eigenvalue weighted by Gasteiger charge is -2.07. The van der Waals surface area contributed by atoms with E-state index in [4.69, 9.17) is 9.47 Å². The number of rotatable bonds is 4. The number of hydrogen-bond donors (Lipinski definition) is 0. The predicted molar refractivity (Wildman–Crippen MR) is 81.9 cm³/mol. The fourth-order valence-corrected chi connectivity index (χ4v) is 2.24. The predicted octanol–water partition coefficient (Wildman–Crippen LogP) is 4.01. The molecular weight excluding hydrogens is 337 g/mol. The molecule has 126 valence electrons. The van der Waals surface area contributed by atoms with Crippen LogP contribution < -0.4 is 9.47 Å². The topological polar surface area (TPSA) is 52.6 Å². The molecule has 0 heterocycles. The first-order chi connectivity index (χ1) is 12.0. The summed E-state index contributed by atoms with van der Waals surface area (Å²) in [4.78, 5) is 22.4. The van der Waals surface area contributed by atoms with Gasteiger partial charge < -0.3 is 9.47 Å². The minimum absolute atomic E-state index is 0.127. The van der Waals surface area contributed by atoms with E-state index in [2.05, 4.69) is 0 Å². The Bertz CT molecular complexity index is 962. The van der Waals surface area contributed by atoms with Crippen molar-refractivity contribution in [2.45, 2.75) is 0 Å². The van der Waals surface area contributed by atoms with E-state index in [9.17, 15) is 22.8 Å². The third-order valence-corrected chi connectivity index (χ3v) is 3.40. The molecule has 4 nitrogen and oxygen atoms in total. The van der Waals surface area contributed by atoms with E-state index >= 15 is 0 Å². The minimum atomic E-state index is -1.64. The fourth-order valence-electron chi connectivity index (χ4n) is 2.24. The van der Waals surface area contributed by atoms with Gasteiger partial charge in [0.2, 0.25) is 0 Å². The van der Waals surface area contributed by atoms with E-state index in [-0.39, 0.29) is 5.56 Å². The van der Waals surface area contributed by atoms with Gasteiger partial charge in [0.15, 0.2) is 17.5 Å². The lowest BCUT2D eigenvalue weighted by atomic mass is 10.1. The summed E-state index contributed by atoms with van der Waals surface area (Å²) in [7, 11) is 0. The van der Waals surface area contributed by atoms with Crippen LogP contribution in [0.4, 0.5) is 13.2 Å². The Kier molecular flexibility index (Phi) is 4.38. The lowest BCUT2D eigenvalue weighted by Crippen LogP contribution is -2.09. The molecule has 3 aromatic carbocycles. The maximum absolute atomic E-state index is 13.2. The van der Waals surface area contributed by atoms with E-state index in [1.807, 2.05) is 0 Å². The number of fused-ring (bicyclic) bond motifs is 1. The van der Waals surface area contributed by atoms with Crippen molar-refractivity contribution in [3.05, 3.63) is 71.5 Å².